The summed E-state index contributed by atoms with van der Waals surface area (Å²) in [6.45, 7) is 8.42. The van der Waals surface area contributed by atoms with Gasteiger partial charge in [-0.15, -0.1) is 0 Å². The highest BCUT2D eigenvalue weighted by atomic mass is 15.2. The van der Waals surface area contributed by atoms with Crippen LogP contribution in [0.15, 0.2) is 72.0 Å². The molecule has 0 saturated carbocycles. The van der Waals surface area contributed by atoms with Gasteiger partial charge in [0.15, 0.2) is 5.96 Å². The zero-order valence-corrected chi connectivity index (χ0v) is 18.2. The molecule has 0 fully saturated rings. The number of benzene rings is 2. The van der Waals surface area contributed by atoms with Crippen LogP contribution >= 0.6 is 0 Å². The smallest absolute Gasteiger partial charge is 0.191 e. The van der Waals surface area contributed by atoms with Crippen molar-refractivity contribution in [3.63, 3.8) is 0 Å². The second-order valence-electron chi connectivity index (χ2n) is 7.23. The zero-order valence-electron chi connectivity index (χ0n) is 18.2. The van der Waals surface area contributed by atoms with Crippen LogP contribution in [0.3, 0.4) is 0 Å². The van der Waals surface area contributed by atoms with Crippen molar-refractivity contribution in [3.8, 4) is 0 Å². The molecule has 0 aliphatic heterocycles. The normalized spacial score (nSPS) is 11.4. The molecule has 0 radical (unpaired) electrons. The van der Waals surface area contributed by atoms with E-state index in [9.17, 15) is 0 Å². The van der Waals surface area contributed by atoms with Crippen LogP contribution < -0.4 is 15.5 Å². The molecule has 2 N–H and O–H groups in total. The van der Waals surface area contributed by atoms with Crippen LogP contribution in [-0.4, -0.2) is 42.2 Å². The van der Waals surface area contributed by atoms with Gasteiger partial charge in [-0.05, 0) is 37.1 Å². The van der Waals surface area contributed by atoms with Gasteiger partial charge in [0.2, 0.25) is 0 Å². The third kappa shape index (κ3) is 6.11. The van der Waals surface area contributed by atoms with Gasteiger partial charge in [-0.1, -0.05) is 42.5 Å². The number of imidazole rings is 1. The van der Waals surface area contributed by atoms with Crippen LogP contribution in [0, 0.1) is 6.92 Å². The van der Waals surface area contributed by atoms with Gasteiger partial charge in [-0.3, -0.25) is 4.99 Å². The molecule has 0 aliphatic carbocycles. The molecule has 1 aromatic heterocycles. The third-order valence-corrected chi connectivity index (χ3v) is 5.06. The van der Waals surface area contributed by atoms with Crippen molar-refractivity contribution in [1.29, 1.82) is 0 Å². The Morgan fingerprint density at radius 1 is 1.10 bits per heavy atom. The van der Waals surface area contributed by atoms with E-state index in [1.807, 2.05) is 18.5 Å². The lowest BCUT2D eigenvalue weighted by Crippen LogP contribution is -2.41. The number of hydrogen-bond donors (Lipinski definition) is 2. The first-order valence-corrected chi connectivity index (χ1v) is 10.5. The predicted octanol–water partition coefficient (Wildman–Crippen LogP) is 3.43. The van der Waals surface area contributed by atoms with Gasteiger partial charge in [-0.25, -0.2) is 4.98 Å². The maximum Gasteiger partial charge on any atom is 0.191 e. The van der Waals surface area contributed by atoms with Crippen molar-refractivity contribution in [1.82, 2.24) is 20.2 Å². The molecular formula is C24H32N6. The summed E-state index contributed by atoms with van der Waals surface area (Å²) in [5.74, 6) is 1.77. The average Bonchev–Trinajstić information content (AvgIpc) is 3.21. The van der Waals surface area contributed by atoms with Gasteiger partial charge >= 0.3 is 0 Å². The Bertz CT molecular complexity index is 932. The van der Waals surface area contributed by atoms with E-state index in [0.717, 1.165) is 38.0 Å². The van der Waals surface area contributed by atoms with Gasteiger partial charge in [0.05, 0.1) is 6.54 Å². The first-order valence-electron chi connectivity index (χ1n) is 10.5. The molecule has 30 heavy (non-hydrogen) atoms. The Balaban J connectivity index is 1.49. The first-order chi connectivity index (χ1) is 14.7. The minimum absolute atomic E-state index is 0.620. The van der Waals surface area contributed by atoms with E-state index in [2.05, 4.69) is 92.5 Å². The molecule has 0 aliphatic rings. The largest absolute Gasteiger partial charge is 0.370 e. The summed E-state index contributed by atoms with van der Waals surface area (Å²) < 4.78 is 2.16. The quantitative estimate of drug-likeness (QED) is 0.424. The lowest BCUT2D eigenvalue weighted by Gasteiger charge is -2.24. The minimum atomic E-state index is 0.620. The SMILES string of the molecule is CCN(CCNC(=NC)NCc1nccn1Cc1ccccc1)c1cccc(C)c1. The van der Waals surface area contributed by atoms with Gasteiger partial charge in [0, 0.05) is 51.3 Å². The number of anilines is 1. The van der Waals surface area contributed by atoms with E-state index < -0.39 is 0 Å². The third-order valence-electron chi connectivity index (χ3n) is 5.06. The average molecular weight is 405 g/mol. The topological polar surface area (TPSA) is 57.5 Å². The van der Waals surface area contributed by atoms with Gasteiger partial charge in [-0.2, -0.15) is 0 Å². The molecule has 6 heteroatoms. The second kappa shape index (κ2) is 11.0. The first kappa shape index (κ1) is 21.4. The van der Waals surface area contributed by atoms with Crippen LogP contribution in [0.5, 0.6) is 0 Å². The lowest BCUT2D eigenvalue weighted by molar-refractivity contribution is 0.684. The van der Waals surface area contributed by atoms with Gasteiger partial charge in [0.1, 0.15) is 5.82 Å². The number of aryl methyl sites for hydroxylation is 1. The molecule has 6 nitrogen and oxygen atoms in total. The highest BCUT2D eigenvalue weighted by molar-refractivity contribution is 5.79. The Morgan fingerprint density at radius 3 is 2.67 bits per heavy atom. The van der Waals surface area contributed by atoms with Crippen LogP contribution in [0.25, 0.3) is 0 Å². The number of likely N-dealkylation sites (N-methyl/N-ethyl adjacent to an activating group) is 1. The van der Waals surface area contributed by atoms with E-state index >= 15 is 0 Å². The number of guanidine groups is 1. The number of rotatable bonds is 9. The summed E-state index contributed by atoms with van der Waals surface area (Å²) in [5, 5.41) is 6.79. The van der Waals surface area contributed by atoms with Crippen molar-refractivity contribution in [3.05, 3.63) is 83.9 Å². The summed E-state index contributed by atoms with van der Waals surface area (Å²) in [6.07, 6.45) is 3.86. The highest BCUT2D eigenvalue weighted by Crippen LogP contribution is 2.15. The molecule has 3 rings (SSSR count). The molecule has 3 aromatic rings. The molecule has 0 spiro atoms. The minimum Gasteiger partial charge on any atom is -0.370 e. The summed E-state index contributed by atoms with van der Waals surface area (Å²) in [6, 6.07) is 19.0. The monoisotopic (exact) mass is 404 g/mol. The molecular weight excluding hydrogens is 372 g/mol. The molecule has 158 valence electrons. The molecule has 2 aromatic carbocycles. The van der Waals surface area contributed by atoms with Gasteiger partial charge in [0.25, 0.3) is 0 Å². The fraction of sp³-hybridized carbons (Fsp3) is 0.333. The van der Waals surface area contributed by atoms with Crippen molar-refractivity contribution in [2.45, 2.75) is 26.9 Å². The zero-order chi connectivity index (χ0) is 21.2. The van der Waals surface area contributed by atoms with Crippen molar-refractivity contribution < 1.29 is 0 Å². The summed E-state index contributed by atoms with van der Waals surface area (Å²) in [5.41, 5.74) is 3.79. The summed E-state index contributed by atoms with van der Waals surface area (Å²) >= 11 is 0. The van der Waals surface area contributed by atoms with Crippen LogP contribution in [-0.2, 0) is 13.1 Å². The van der Waals surface area contributed by atoms with E-state index in [-0.39, 0.29) is 0 Å². The number of hydrogen-bond acceptors (Lipinski definition) is 3. The van der Waals surface area contributed by atoms with E-state index in [0.29, 0.717) is 6.54 Å². The van der Waals surface area contributed by atoms with Crippen molar-refractivity contribution in [2.75, 3.05) is 31.6 Å². The van der Waals surface area contributed by atoms with E-state index in [4.69, 9.17) is 0 Å². The number of aliphatic imine (C=N–C) groups is 1. The predicted molar refractivity (Wildman–Crippen MR) is 125 cm³/mol. The fourth-order valence-corrected chi connectivity index (χ4v) is 3.42. The summed E-state index contributed by atoms with van der Waals surface area (Å²) in [4.78, 5) is 11.2. The Hall–Kier alpha value is -3.28. The molecule has 1 heterocycles. The van der Waals surface area contributed by atoms with Crippen LogP contribution in [0.4, 0.5) is 5.69 Å². The van der Waals surface area contributed by atoms with Gasteiger partial charge < -0.3 is 20.1 Å². The Morgan fingerprint density at radius 2 is 1.93 bits per heavy atom. The Labute approximate surface area is 179 Å². The number of nitrogens with one attached hydrogen (secondary N) is 2. The molecule has 0 saturated heterocycles. The van der Waals surface area contributed by atoms with Crippen molar-refractivity contribution >= 4 is 11.6 Å². The second-order valence-corrected chi connectivity index (χ2v) is 7.23. The molecule has 0 amide bonds. The lowest BCUT2D eigenvalue weighted by atomic mass is 10.2. The van der Waals surface area contributed by atoms with Crippen LogP contribution in [0.2, 0.25) is 0 Å². The highest BCUT2D eigenvalue weighted by Gasteiger charge is 2.07. The molecule has 0 atom stereocenters. The maximum atomic E-state index is 4.50. The number of nitrogens with zero attached hydrogens (tertiary/aromatic N) is 4. The standard InChI is InChI=1S/C24H32N6/c1-4-29(22-12-8-9-20(2)17-22)15-14-27-24(25-3)28-18-23-26-13-16-30(23)19-21-10-6-5-7-11-21/h5-13,16-17H,4,14-15,18-19H2,1-3H3,(H2,25,27,28). The summed E-state index contributed by atoms with van der Waals surface area (Å²) in [7, 11) is 1.80. The van der Waals surface area contributed by atoms with Crippen molar-refractivity contribution in [2.24, 2.45) is 4.99 Å². The Kier molecular flexibility index (Phi) is 7.89. The molecule has 0 bridgehead atoms. The van der Waals surface area contributed by atoms with E-state index in [1.165, 1.54) is 16.8 Å². The van der Waals surface area contributed by atoms with Crippen LogP contribution in [0.1, 0.15) is 23.9 Å². The maximum absolute atomic E-state index is 4.50. The number of aromatic nitrogens is 2. The van der Waals surface area contributed by atoms with E-state index in [1.54, 1.807) is 7.05 Å². The fourth-order valence-electron chi connectivity index (χ4n) is 3.42. The molecule has 0 unspecified atom stereocenters.